The van der Waals surface area contributed by atoms with Gasteiger partial charge in [-0.25, -0.2) is 10.9 Å². The molecule has 1 saturated carbocycles. The van der Waals surface area contributed by atoms with Gasteiger partial charge < -0.3 is 4.90 Å². The van der Waals surface area contributed by atoms with Gasteiger partial charge in [0.15, 0.2) is 0 Å². The number of hydrogen-bond acceptors (Lipinski definition) is 3. The van der Waals surface area contributed by atoms with Gasteiger partial charge in [0, 0.05) is 23.6 Å². The van der Waals surface area contributed by atoms with Crippen LogP contribution in [0.15, 0.2) is 28.7 Å². The van der Waals surface area contributed by atoms with Crippen molar-refractivity contribution >= 4 is 21.8 Å². The van der Waals surface area contributed by atoms with Gasteiger partial charge in [0.1, 0.15) is 6.04 Å². The second-order valence-electron chi connectivity index (χ2n) is 6.42. The summed E-state index contributed by atoms with van der Waals surface area (Å²) < 4.78 is 1.08. The molecule has 1 saturated heterocycles. The van der Waals surface area contributed by atoms with Gasteiger partial charge in [-0.05, 0) is 37.0 Å². The number of benzene rings is 1. The molecule has 4 nitrogen and oxygen atoms in total. The van der Waals surface area contributed by atoms with Crippen LogP contribution in [0, 0.1) is 0 Å². The highest BCUT2D eigenvalue weighted by molar-refractivity contribution is 9.10. The smallest absolute Gasteiger partial charge is 0.241 e. The summed E-state index contributed by atoms with van der Waals surface area (Å²) in [5.74, 6) is 0.221. The number of nitrogens with zero attached hydrogens (tertiary/aromatic N) is 1. The van der Waals surface area contributed by atoms with E-state index in [4.69, 9.17) is 0 Å². The molecule has 0 bridgehead atoms. The second-order valence-corrected chi connectivity index (χ2v) is 7.34. The van der Waals surface area contributed by atoms with E-state index in [9.17, 15) is 4.79 Å². The first-order chi connectivity index (χ1) is 10.6. The number of hydrazine groups is 1. The zero-order chi connectivity index (χ0) is 15.5. The van der Waals surface area contributed by atoms with Crippen LogP contribution < -0.4 is 10.9 Å². The van der Waals surface area contributed by atoms with E-state index in [1.165, 1.54) is 24.8 Å². The predicted octanol–water partition coefficient (Wildman–Crippen LogP) is 3.15. The first-order valence-electron chi connectivity index (χ1n) is 8.18. The summed E-state index contributed by atoms with van der Waals surface area (Å²) in [4.78, 5) is 14.7. The standard InChI is InChI=1S/C17H24BrN3O/c1-21(14-5-3-2-4-6-14)17(22)16-11-15(19-20-16)12-7-9-13(18)10-8-12/h7-10,14-16,19-20H,2-6,11H2,1H3. The van der Waals surface area contributed by atoms with Gasteiger partial charge in [-0.2, -0.15) is 0 Å². The van der Waals surface area contributed by atoms with Crippen LogP contribution in [0.3, 0.4) is 0 Å². The first kappa shape index (κ1) is 16.0. The lowest BCUT2D eigenvalue weighted by molar-refractivity contribution is -0.134. The van der Waals surface area contributed by atoms with Crippen LogP contribution in [0.5, 0.6) is 0 Å². The van der Waals surface area contributed by atoms with Crippen LogP contribution in [0.4, 0.5) is 0 Å². The minimum Gasteiger partial charge on any atom is -0.341 e. The van der Waals surface area contributed by atoms with Gasteiger partial charge in [-0.3, -0.25) is 4.79 Å². The summed E-state index contributed by atoms with van der Waals surface area (Å²) in [6.07, 6.45) is 6.92. The largest absolute Gasteiger partial charge is 0.341 e. The van der Waals surface area contributed by atoms with Gasteiger partial charge in [-0.15, -0.1) is 0 Å². The Morgan fingerprint density at radius 3 is 2.50 bits per heavy atom. The first-order valence-corrected chi connectivity index (χ1v) is 8.97. The molecule has 1 aromatic rings. The number of amides is 1. The quantitative estimate of drug-likeness (QED) is 0.864. The molecule has 1 amide bonds. The zero-order valence-corrected chi connectivity index (χ0v) is 14.6. The van der Waals surface area contributed by atoms with Crippen molar-refractivity contribution in [1.82, 2.24) is 15.8 Å². The van der Waals surface area contributed by atoms with Crippen LogP contribution in [0.25, 0.3) is 0 Å². The maximum absolute atomic E-state index is 12.7. The maximum Gasteiger partial charge on any atom is 0.241 e. The third-order valence-electron chi connectivity index (χ3n) is 4.94. The molecule has 0 spiro atoms. The number of rotatable bonds is 3. The third-order valence-corrected chi connectivity index (χ3v) is 5.47. The highest BCUT2D eigenvalue weighted by atomic mass is 79.9. The molecule has 0 radical (unpaired) electrons. The van der Waals surface area contributed by atoms with Gasteiger partial charge in [0.2, 0.25) is 5.91 Å². The molecule has 120 valence electrons. The fourth-order valence-corrected chi connectivity index (χ4v) is 3.79. The summed E-state index contributed by atoms with van der Waals surface area (Å²) in [7, 11) is 1.97. The Morgan fingerprint density at radius 2 is 1.82 bits per heavy atom. The summed E-state index contributed by atoms with van der Waals surface area (Å²) in [5, 5.41) is 0. The lowest BCUT2D eigenvalue weighted by Gasteiger charge is -2.32. The topological polar surface area (TPSA) is 44.4 Å². The van der Waals surface area contributed by atoms with Gasteiger partial charge >= 0.3 is 0 Å². The average Bonchev–Trinajstić information content (AvgIpc) is 3.05. The van der Waals surface area contributed by atoms with Crippen molar-refractivity contribution in [2.45, 2.75) is 56.7 Å². The molecular formula is C17H24BrN3O. The highest BCUT2D eigenvalue weighted by Crippen LogP contribution is 2.26. The lowest BCUT2D eigenvalue weighted by Crippen LogP contribution is -2.48. The van der Waals surface area contributed by atoms with Crippen LogP contribution in [0.2, 0.25) is 0 Å². The van der Waals surface area contributed by atoms with Crippen LogP contribution in [-0.4, -0.2) is 29.9 Å². The Hall–Kier alpha value is -0.910. The van der Waals surface area contributed by atoms with E-state index in [2.05, 4.69) is 38.9 Å². The minimum atomic E-state index is -0.124. The molecule has 0 aromatic heterocycles. The van der Waals surface area contributed by atoms with E-state index in [1.807, 2.05) is 24.1 Å². The second kappa shape index (κ2) is 7.11. The van der Waals surface area contributed by atoms with Crippen molar-refractivity contribution < 1.29 is 4.79 Å². The minimum absolute atomic E-state index is 0.124. The Bertz CT molecular complexity index is 513. The number of likely N-dealkylation sites (N-methyl/N-ethyl adjacent to an activating group) is 1. The fraction of sp³-hybridized carbons (Fsp3) is 0.588. The Kier molecular flexibility index (Phi) is 5.16. The maximum atomic E-state index is 12.7. The summed E-state index contributed by atoms with van der Waals surface area (Å²) >= 11 is 3.46. The highest BCUT2D eigenvalue weighted by Gasteiger charge is 2.34. The van der Waals surface area contributed by atoms with E-state index < -0.39 is 0 Å². The average molecular weight is 366 g/mol. The Labute approximate surface area is 140 Å². The van der Waals surface area contributed by atoms with Crippen LogP contribution in [0.1, 0.15) is 50.1 Å². The Balaban J connectivity index is 1.59. The molecule has 1 aliphatic carbocycles. The normalized spacial score (nSPS) is 26.1. The number of carbonyl (C=O) groups is 1. The monoisotopic (exact) mass is 365 g/mol. The molecule has 1 heterocycles. The molecule has 2 aliphatic rings. The Morgan fingerprint density at radius 1 is 1.14 bits per heavy atom. The van der Waals surface area contributed by atoms with E-state index in [-0.39, 0.29) is 18.0 Å². The number of carbonyl (C=O) groups excluding carboxylic acids is 1. The van der Waals surface area contributed by atoms with E-state index >= 15 is 0 Å². The molecule has 1 aromatic carbocycles. The molecule has 3 rings (SSSR count). The molecule has 2 atom stereocenters. The van der Waals surface area contributed by atoms with E-state index in [0.717, 1.165) is 23.7 Å². The lowest BCUT2D eigenvalue weighted by atomic mass is 9.93. The molecule has 22 heavy (non-hydrogen) atoms. The van der Waals surface area contributed by atoms with E-state index in [1.54, 1.807) is 0 Å². The van der Waals surface area contributed by atoms with Crippen LogP contribution >= 0.6 is 15.9 Å². The van der Waals surface area contributed by atoms with Gasteiger partial charge in [0.25, 0.3) is 0 Å². The summed E-state index contributed by atoms with van der Waals surface area (Å²) in [6, 6.07) is 8.78. The number of nitrogens with one attached hydrogen (secondary N) is 2. The van der Waals surface area contributed by atoms with Crippen molar-refractivity contribution in [1.29, 1.82) is 0 Å². The molecular weight excluding hydrogens is 342 g/mol. The van der Waals surface area contributed by atoms with Crippen molar-refractivity contribution in [3.05, 3.63) is 34.3 Å². The molecule has 2 fully saturated rings. The van der Waals surface area contributed by atoms with Crippen molar-refractivity contribution in [2.24, 2.45) is 0 Å². The summed E-state index contributed by atoms with van der Waals surface area (Å²) in [5.41, 5.74) is 7.67. The zero-order valence-electron chi connectivity index (χ0n) is 13.0. The van der Waals surface area contributed by atoms with Gasteiger partial charge in [-0.1, -0.05) is 47.3 Å². The predicted molar refractivity (Wildman–Crippen MR) is 91.2 cm³/mol. The third kappa shape index (κ3) is 3.53. The fourth-order valence-electron chi connectivity index (χ4n) is 3.53. The summed E-state index contributed by atoms with van der Waals surface area (Å²) in [6.45, 7) is 0. The van der Waals surface area contributed by atoms with Crippen molar-refractivity contribution in [2.75, 3.05) is 7.05 Å². The molecule has 1 aliphatic heterocycles. The van der Waals surface area contributed by atoms with Crippen LogP contribution in [-0.2, 0) is 4.79 Å². The SMILES string of the molecule is CN(C(=O)C1CC(c2ccc(Br)cc2)NN1)C1CCCCC1. The van der Waals surface area contributed by atoms with Crippen molar-refractivity contribution in [3.63, 3.8) is 0 Å². The van der Waals surface area contributed by atoms with Gasteiger partial charge in [0.05, 0.1) is 0 Å². The molecule has 2 N–H and O–H groups in total. The van der Waals surface area contributed by atoms with E-state index in [0.29, 0.717) is 6.04 Å². The molecule has 2 unspecified atom stereocenters. The molecule has 5 heteroatoms. The van der Waals surface area contributed by atoms with Crippen molar-refractivity contribution in [3.8, 4) is 0 Å². The number of halogens is 1. The number of hydrogen-bond donors (Lipinski definition) is 2.